The van der Waals surface area contributed by atoms with Gasteiger partial charge in [-0.2, -0.15) is 8.42 Å². The van der Waals surface area contributed by atoms with Crippen LogP contribution in [0.5, 0.6) is 0 Å². The lowest BCUT2D eigenvalue weighted by Gasteiger charge is -2.17. The molecule has 0 saturated carbocycles. The Labute approximate surface area is 155 Å². The summed E-state index contributed by atoms with van der Waals surface area (Å²) in [5, 5.41) is 0. The summed E-state index contributed by atoms with van der Waals surface area (Å²) >= 11 is 0. The summed E-state index contributed by atoms with van der Waals surface area (Å²) in [5.74, 6) is -0.580. The molecule has 0 aliphatic heterocycles. The molecule has 0 spiro atoms. The number of benzene rings is 1. The van der Waals surface area contributed by atoms with Gasteiger partial charge in [-0.25, -0.2) is 4.79 Å². The largest absolute Gasteiger partial charge is 0.493 e. The molecule has 0 amide bonds. The number of carbonyl (C=O) groups is 1. The topological polar surface area (TPSA) is 88.1 Å². The van der Waals surface area contributed by atoms with E-state index in [0.717, 1.165) is 30.7 Å². The summed E-state index contributed by atoms with van der Waals surface area (Å²) in [6.45, 7) is 4.32. The molecule has 1 rings (SSSR count). The van der Waals surface area contributed by atoms with Gasteiger partial charge >= 0.3 is 5.97 Å². The Bertz CT molecular complexity index is 665. The van der Waals surface area contributed by atoms with Crippen LogP contribution in [0.3, 0.4) is 0 Å². The van der Waals surface area contributed by atoms with Crippen molar-refractivity contribution in [2.45, 2.75) is 37.7 Å². The quantitative estimate of drug-likeness (QED) is 0.179. The van der Waals surface area contributed by atoms with Gasteiger partial charge in [-0.15, -0.1) is 0 Å². The van der Waals surface area contributed by atoms with Gasteiger partial charge in [-0.1, -0.05) is 31.0 Å². The number of rotatable bonds is 12. The van der Waals surface area contributed by atoms with Crippen LogP contribution in [0.15, 0.2) is 41.5 Å². The van der Waals surface area contributed by atoms with Crippen molar-refractivity contribution in [2.24, 2.45) is 0 Å². The van der Waals surface area contributed by atoms with Gasteiger partial charge in [0.05, 0.1) is 31.0 Å². The summed E-state index contributed by atoms with van der Waals surface area (Å²) in [4.78, 5) is 11.1. The van der Waals surface area contributed by atoms with Crippen molar-refractivity contribution in [3.05, 3.63) is 42.2 Å². The van der Waals surface area contributed by atoms with Crippen molar-refractivity contribution >= 4 is 16.1 Å². The number of carbonyl (C=O) groups excluding carboxylic acids is 1. The monoisotopic (exact) mass is 386 g/mol. The standard InChI is InChI=1S/C18H26O7S/c1-4-5-11-23-13-16(24-12-10-18(19)22-3)14-25-26(20,21)17-8-6-15(2)7-9-17/h6-10,12,16H,4-5,11,13-14H2,1-3H3/b12-10+/t16-/m1/s1. The summed E-state index contributed by atoms with van der Waals surface area (Å²) in [5.41, 5.74) is 0.947. The Morgan fingerprint density at radius 3 is 2.50 bits per heavy atom. The highest BCUT2D eigenvalue weighted by atomic mass is 32.2. The molecule has 1 atom stereocenters. The van der Waals surface area contributed by atoms with E-state index in [1.165, 1.54) is 19.2 Å². The minimum atomic E-state index is -3.90. The lowest BCUT2D eigenvalue weighted by molar-refractivity contribution is -0.135. The summed E-state index contributed by atoms with van der Waals surface area (Å²) in [7, 11) is -2.66. The summed E-state index contributed by atoms with van der Waals surface area (Å²) in [6.07, 6.45) is 3.40. The fraction of sp³-hybridized carbons (Fsp3) is 0.500. The molecule has 0 heterocycles. The molecule has 0 unspecified atom stereocenters. The van der Waals surface area contributed by atoms with E-state index in [9.17, 15) is 13.2 Å². The molecular weight excluding hydrogens is 360 g/mol. The Hall–Kier alpha value is -1.90. The van der Waals surface area contributed by atoms with Crippen LogP contribution in [0.25, 0.3) is 0 Å². The van der Waals surface area contributed by atoms with E-state index in [1.807, 2.05) is 13.8 Å². The third-order valence-corrected chi connectivity index (χ3v) is 4.64. The number of methoxy groups -OCH3 is 1. The number of ether oxygens (including phenoxy) is 3. The van der Waals surface area contributed by atoms with E-state index in [0.29, 0.717) is 6.61 Å². The van der Waals surface area contributed by atoms with Crippen molar-refractivity contribution in [1.29, 1.82) is 0 Å². The second-order valence-corrected chi connectivity index (χ2v) is 7.18. The Morgan fingerprint density at radius 2 is 1.88 bits per heavy atom. The number of hydrogen-bond donors (Lipinski definition) is 0. The average Bonchev–Trinajstić information content (AvgIpc) is 2.62. The average molecular weight is 386 g/mol. The van der Waals surface area contributed by atoms with Gasteiger partial charge in [-0.3, -0.25) is 4.18 Å². The van der Waals surface area contributed by atoms with Gasteiger partial charge in [0.25, 0.3) is 10.1 Å². The number of hydrogen-bond acceptors (Lipinski definition) is 7. The molecule has 146 valence electrons. The summed E-state index contributed by atoms with van der Waals surface area (Å²) < 4.78 is 44.8. The van der Waals surface area contributed by atoms with Crippen molar-refractivity contribution in [1.82, 2.24) is 0 Å². The molecule has 8 heteroatoms. The Balaban J connectivity index is 2.65. The van der Waals surface area contributed by atoms with Crippen molar-refractivity contribution in [3.8, 4) is 0 Å². The molecule has 26 heavy (non-hydrogen) atoms. The first kappa shape index (κ1) is 22.1. The first-order valence-corrected chi connectivity index (χ1v) is 9.73. The smallest absolute Gasteiger partial charge is 0.333 e. The maximum atomic E-state index is 12.2. The molecule has 1 aromatic carbocycles. The zero-order valence-corrected chi connectivity index (χ0v) is 16.2. The molecule has 0 aliphatic rings. The number of unbranched alkanes of at least 4 members (excludes halogenated alkanes) is 1. The third kappa shape index (κ3) is 8.46. The van der Waals surface area contributed by atoms with E-state index in [-0.39, 0.29) is 18.1 Å². The molecule has 0 fully saturated rings. The predicted octanol–water partition coefficient (Wildman–Crippen LogP) is 2.59. The fourth-order valence-corrected chi connectivity index (χ4v) is 2.74. The molecular formula is C18H26O7S. The van der Waals surface area contributed by atoms with Crippen LogP contribution in [-0.4, -0.2) is 47.4 Å². The number of aryl methyl sites for hydroxylation is 1. The Morgan fingerprint density at radius 1 is 1.19 bits per heavy atom. The van der Waals surface area contributed by atoms with Crippen LogP contribution in [-0.2, 0) is 33.3 Å². The Kier molecular flexibility index (Phi) is 9.93. The molecule has 0 bridgehead atoms. The molecule has 0 N–H and O–H groups in total. The zero-order chi connectivity index (χ0) is 19.4. The van der Waals surface area contributed by atoms with Gasteiger partial charge in [0.15, 0.2) is 0 Å². The highest BCUT2D eigenvalue weighted by Gasteiger charge is 2.19. The molecule has 0 aliphatic carbocycles. The summed E-state index contributed by atoms with van der Waals surface area (Å²) in [6, 6.07) is 6.35. The van der Waals surface area contributed by atoms with Crippen molar-refractivity contribution < 1.29 is 31.6 Å². The van der Waals surface area contributed by atoms with Crippen molar-refractivity contribution in [3.63, 3.8) is 0 Å². The lowest BCUT2D eigenvalue weighted by Crippen LogP contribution is -2.26. The van der Waals surface area contributed by atoms with Crippen LogP contribution in [0.2, 0.25) is 0 Å². The van der Waals surface area contributed by atoms with Gasteiger partial charge in [-0.05, 0) is 25.5 Å². The lowest BCUT2D eigenvalue weighted by atomic mass is 10.2. The maximum absolute atomic E-state index is 12.2. The van der Waals surface area contributed by atoms with E-state index in [4.69, 9.17) is 13.7 Å². The second kappa shape index (κ2) is 11.7. The minimum absolute atomic E-state index is 0.0684. The van der Waals surface area contributed by atoms with Crippen LogP contribution in [0.1, 0.15) is 25.3 Å². The van der Waals surface area contributed by atoms with Crippen LogP contribution in [0, 0.1) is 6.92 Å². The van der Waals surface area contributed by atoms with Gasteiger partial charge in [0, 0.05) is 6.61 Å². The fourth-order valence-electron chi connectivity index (χ4n) is 1.80. The van der Waals surface area contributed by atoms with E-state index < -0.39 is 22.2 Å². The highest BCUT2D eigenvalue weighted by molar-refractivity contribution is 7.86. The van der Waals surface area contributed by atoms with Crippen LogP contribution < -0.4 is 0 Å². The van der Waals surface area contributed by atoms with Gasteiger partial charge in [0.1, 0.15) is 12.7 Å². The normalized spacial score (nSPS) is 12.9. The van der Waals surface area contributed by atoms with E-state index in [1.54, 1.807) is 12.1 Å². The molecule has 0 radical (unpaired) electrons. The first-order valence-electron chi connectivity index (χ1n) is 8.33. The predicted molar refractivity (Wildman–Crippen MR) is 96.1 cm³/mol. The molecule has 7 nitrogen and oxygen atoms in total. The van der Waals surface area contributed by atoms with E-state index in [2.05, 4.69) is 4.74 Å². The third-order valence-electron chi connectivity index (χ3n) is 3.34. The van der Waals surface area contributed by atoms with Crippen molar-refractivity contribution in [2.75, 3.05) is 26.9 Å². The second-order valence-electron chi connectivity index (χ2n) is 5.56. The van der Waals surface area contributed by atoms with Gasteiger partial charge in [0.2, 0.25) is 0 Å². The van der Waals surface area contributed by atoms with E-state index >= 15 is 0 Å². The number of esters is 1. The van der Waals surface area contributed by atoms with Crippen LogP contribution >= 0.6 is 0 Å². The molecule has 0 saturated heterocycles. The highest BCUT2D eigenvalue weighted by Crippen LogP contribution is 2.14. The first-order chi connectivity index (χ1) is 12.4. The minimum Gasteiger partial charge on any atom is -0.493 e. The molecule has 1 aromatic rings. The SMILES string of the molecule is CCCCOC[C@H](COS(=O)(=O)c1ccc(C)cc1)O/C=C/C(=O)OC. The van der Waals surface area contributed by atoms with Gasteiger partial charge < -0.3 is 14.2 Å². The van der Waals surface area contributed by atoms with Crippen LogP contribution in [0.4, 0.5) is 0 Å². The molecule has 0 aromatic heterocycles. The zero-order valence-electron chi connectivity index (χ0n) is 15.3. The maximum Gasteiger partial charge on any atom is 0.333 e.